The van der Waals surface area contributed by atoms with Gasteiger partial charge in [-0.1, -0.05) is 37.5 Å². The lowest BCUT2D eigenvalue weighted by Gasteiger charge is -2.44. The minimum atomic E-state index is -0.160. The summed E-state index contributed by atoms with van der Waals surface area (Å²) in [5.74, 6) is 0.437. The smallest absolute Gasteiger partial charge is 0.230 e. The van der Waals surface area contributed by atoms with E-state index in [1.165, 1.54) is 32.1 Å². The van der Waals surface area contributed by atoms with Gasteiger partial charge in [0.25, 0.3) is 0 Å². The van der Waals surface area contributed by atoms with Gasteiger partial charge in [0.15, 0.2) is 0 Å². The van der Waals surface area contributed by atoms with Crippen molar-refractivity contribution in [1.82, 2.24) is 15.1 Å². The molecule has 1 aromatic rings. The number of aromatic nitrogens is 2. The van der Waals surface area contributed by atoms with Gasteiger partial charge >= 0.3 is 0 Å². The van der Waals surface area contributed by atoms with Crippen LogP contribution in [0.4, 0.5) is 5.13 Å². The zero-order chi connectivity index (χ0) is 17.3. The Morgan fingerprint density at radius 3 is 2.76 bits per heavy atom. The van der Waals surface area contributed by atoms with Gasteiger partial charge in [0.05, 0.1) is 5.41 Å². The number of rotatable bonds is 4. The molecule has 25 heavy (non-hydrogen) atoms. The molecule has 3 heterocycles. The maximum absolute atomic E-state index is 13.4. The number of amides is 1. The number of hydrogen-bond acceptors (Lipinski definition) is 5. The van der Waals surface area contributed by atoms with Crippen LogP contribution >= 0.6 is 11.3 Å². The molecule has 3 fully saturated rings. The molecule has 2 saturated heterocycles. The molecular formula is C19H30N4OS. The van der Waals surface area contributed by atoms with Gasteiger partial charge in [0, 0.05) is 32.1 Å². The molecule has 1 amide bonds. The van der Waals surface area contributed by atoms with Crippen molar-refractivity contribution in [3.63, 3.8) is 0 Å². The lowest BCUT2D eigenvalue weighted by Crippen LogP contribution is -2.54. The van der Waals surface area contributed by atoms with E-state index in [0.29, 0.717) is 11.9 Å². The average molecular weight is 363 g/mol. The van der Waals surface area contributed by atoms with Gasteiger partial charge in [-0.3, -0.25) is 4.79 Å². The summed E-state index contributed by atoms with van der Waals surface area (Å²) >= 11 is 1.71. The summed E-state index contributed by atoms with van der Waals surface area (Å²) in [4.78, 5) is 18.0. The van der Waals surface area contributed by atoms with Gasteiger partial charge in [0.1, 0.15) is 5.01 Å². The summed E-state index contributed by atoms with van der Waals surface area (Å²) in [6.07, 6.45) is 11.6. The molecule has 0 aromatic carbocycles. The first-order chi connectivity index (χ1) is 12.2. The fourth-order valence-corrected chi connectivity index (χ4v) is 5.91. The monoisotopic (exact) mass is 362 g/mol. The zero-order valence-electron chi connectivity index (χ0n) is 15.4. The molecule has 0 bridgehead atoms. The minimum absolute atomic E-state index is 0.160. The Balaban J connectivity index is 1.46. The maximum Gasteiger partial charge on any atom is 0.230 e. The molecule has 0 radical (unpaired) electrons. The van der Waals surface area contributed by atoms with Crippen molar-refractivity contribution in [2.45, 2.75) is 77.2 Å². The van der Waals surface area contributed by atoms with E-state index in [2.05, 4.69) is 26.9 Å². The Kier molecular flexibility index (Phi) is 4.98. The Labute approximate surface area is 154 Å². The van der Waals surface area contributed by atoms with Crippen LogP contribution in [0.3, 0.4) is 0 Å². The molecule has 1 saturated carbocycles. The van der Waals surface area contributed by atoms with Gasteiger partial charge in [0.2, 0.25) is 11.0 Å². The molecular weight excluding hydrogens is 332 g/mol. The predicted octanol–water partition coefficient (Wildman–Crippen LogP) is 3.64. The Morgan fingerprint density at radius 2 is 1.96 bits per heavy atom. The quantitative estimate of drug-likeness (QED) is 0.820. The second-order valence-electron chi connectivity index (χ2n) is 8.07. The molecule has 4 rings (SSSR count). The third-order valence-corrected chi connectivity index (χ3v) is 7.37. The van der Waals surface area contributed by atoms with Crippen LogP contribution in [0.1, 0.15) is 69.7 Å². The summed E-state index contributed by atoms with van der Waals surface area (Å²) in [5.41, 5.74) is -0.160. The molecule has 138 valence electrons. The van der Waals surface area contributed by atoms with E-state index in [0.717, 1.165) is 61.9 Å². The topological polar surface area (TPSA) is 49.3 Å². The van der Waals surface area contributed by atoms with Crippen LogP contribution in [0.5, 0.6) is 0 Å². The molecule has 2 aliphatic heterocycles. The Morgan fingerprint density at radius 1 is 1.12 bits per heavy atom. The van der Waals surface area contributed by atoms with E-state index in [-0.39, 0.29) is 5.41 Å². The van der Waals surface area contributed by atoms with E-state index < -0.39 is 0 Å². The van der Waals surface area contributed by atoms with Gasteiger partial charge in [-0.15, -0.1) is 10.2 Å². The highest BCUT2D eigenvalue weighted by molar-refractivity contribution is 7.15. The highest BCUT2D eigenvalue weighted by Crippen LogP contribution is 2.43. The van der Waals surface area contributed by atoms with Crippen molar-refractivity contribution in [1.29, 1.82) is 0 Å². The molecule has 3 aliphatic rings. The van der Waals surface area contributed by atoms with E-state index >= 15 is 0 Å². The predicted molar refractivity (Wildman–Crippen MR) is 101 cm³/mol. The van der Waals surface area contributed by atoms with Crippen molar-refractivity contribution in [2.24, 2.45) is 5.41 Å². The van der Waals surface area contributed by atoms with Crippen molar-refractivity contribution in [3.05, 3.63) is 5.01 Å². The summed E-state index contributed by atoms with van der Waals surface area (Å²) in [5, 5.41) is 10.9. The molecule has 1 spiro atoms. The molecule has 6 heteroatoms. The van der Waals surface area contributed by atoms with Crippen molar-refractivity contribution in [3.8, 4) is 0 Å². The first-order valence-corrected chi connectivity index (χ1v) is 10.9. The maximum atomic E-state index is 13.4. The van der Waals surface area contributed by atoms with Crippen LogP contribution in [0.25, 0.3) is 0 Å². The highest BCUT2D eigenvalue weighted by atomic mass is 32.1. The largest absolute Gasteiger partial charge is 0.346 e. The summed E-state index contributed by atoms with van der Waals surface area (Å²) < 4.78 is 0. The molecule has 5 nitrogen and oxygen atoms in total. The van der Waals surface area contributed by atoms with Gasteiger partial charge in [-0.2, -0.15) is 0 Å². The third-order valence-electron chi connectivity index (χ3n) is 6.33. The molecule has 1 aliphatic carbocycles. The second kappa shape index (κ2) is 7.22. The van der Waals surface area contributed by atoms with Crippen LogP contribution in [-0.4, -0.2) is 46.7 Å². The van der Waals surface area contributed by atoms with E-state index in [4.69, 9.17) is 0 Å². The normalized spacial score (nSPS) is 28.3. The fourth-order valence-electron chi connectivity index (χ4n) is 4.94. The number of likely N-dealkylation sites (tertiary alicyclic amines) is 1. The van der Waals surface area contributed by atoms with Crippen molar-refractivity contribution in [2.75, 3.05) is 24.5 Å². The van der Waals surface area contributed by atoms with Crippen LogP contribution in [-0.2, 0) is 11.2 Å². The lowest BCUT2D eigenvalue weighted by atomic mass is 9.77. The van der Waals surface area contributed by atoms with E-state index in [1.807, 2.05) is 0 Å². The number of anilines is 1. The van der Waals surface area contributed by atoms with Gasteiger partial charge in [-0.25, -0.2) is 0 Å². The highest BCUT2D eigenvalue weighted by Gasteiger charge is 2.50. The molecule has 0 N–H and O–H groups in total. The molecule has 1 atom stereocenters. The SMILES string of the molecule is CCCc1nnc(N2CCC3(CCCN(C4CCCCC4)C3=O)C2)s1. The number of hydrogen-bond donors (Lipinski definition) is 0. The van der Waals surface area contributed by atoms with Gasteiger partial charge in [-0.05, 0) is 38.5 Å². The fraction of sp³-hybridized carbons (Fsp3) is 0.842. The average Bonchev–Trinajstić information content (AvgIpc) is 3.27. The Bertz CT molecular complexity index is 612. The molecule has 1 unspecified atom stereocenters. The molecule has 1 aromatic heterocycles. The summed E-state index contributed by atoms with van der Waals surface area (Å²) in [6.45, 7) is 4.94. The van der Waals surface area contributed by atoms with Crippen molar-refractivity contribution >= 4 is 22.4 Å². The van der Waals surface area contributed by atoms with Crippen molar-refractivity contribution < 1.29 is 4.79 Å². The van der Waals surface area contributed by atoms with Crippen LogP contribution in [0, 0.1) is 5.41 Å². The third kappa shape index (κ3) is 3.29. The number of piperidine rings is 1. The Hall–Kier alpha value is -1.17. The van der Waals surface area contributed by atoms with Crippen LogP contribution < -0.4 is 4.90 Å². The summed E-state index contributed by atoms with van der Waals surface area (Å²) in [6, 6.07) is 0.505. The second-order valence-corrected chi connectivity index (χ2v) is 9.11. The minimum Gasteiger partial charge on any atom is -0.346 e. The van der Waals surface area contributed by atoms with Crippen LogP contribution in [0.15, 0.2) is 0 Å². The number of carbonyl (C=O) groups excluding carboxylic acids is 1. The number of nitrogens with zero attached hydrogens (tertiary/aromatic N) is 4. The standard InChI is InChI=1S/C19H30N4OS/c1-2-7-16-20-21-18(25-16)22-13-11-19(14-22)10-6-12-23(17(19)24)15-8-4-3-5-9-15/h15H,2-14H2,1H3. The van der Waals surface area contributed by atoms with Gasteiger partial charge < -0.3 is 9.80 Å². The van der Waals surface area contributed by atoms with Crippen LogP contribution in [0.2, 0.25) is 0 Å². The van der Waals surface area contributed by atoms with E-state index in [1.54, 1.807) is 11.3 Å². The number of carbonyl (C=O) groups is 1. The van der Waals surface area contributed by atoms with E-state index in [9.17, 15) is 4.79 Å². The number of aryl methyl sites for hydroxylation is 1. The first kappa shape index (κ1) is 17.3. The lowest BCUT2D eigenvalue weighted by molar-refractivity contribution is -0.148. The summed E-state index contributed by atoms with van der Waals surface area (Å²) in [7, 11) is 0. The zero-order valence-corrected chi connectivity index (χ0v) is 16.2. The first-order valence-electron chi connectivity index (χ1n) is 10.1.